The van der Waals surface area contributed by atoms with Gasteiger partial charge in [0.05, 0.1) is 22.8 Å². The highest BCUT2D eigenvalue weighted by Crippen LogP contribution is 2.08. The minimum atomic E-state index is -0.148. The zero-order chi connectivity index (χ0) is 15.2. The number of aromatic nitrogens is 1. The second-order valence-electron chi connectivity index (χ2n) is 4.82. The standard InChI is InChI=1S/C16H19N3OS/c1-4-13-5-7-14(8-6-13)11(2)18-19-16(20)9-15-10-21-12(3)17-15/h5-8,10H,4,9H2,1-3H3,(H,19,20)/b18-11-. The number of nitrogens with one attached hydrogen (secondary N) is 1. The van der Waals surface area contributed by atoms with Crippen molar-refractivity contribution in [2.45, 2.75) is 33.6 Å². The lowest BCUT2D eigenvalue weighted by Crippen LogP contribution is -2.21. The van der Waals surface area contributed by atoms with E-state index in [0.717, 1.165) is 28.4 Å². The minimum Gasteiger partial charge on any atom is -0.273 e. The third-order valence-corrected chi connectivity index (χ3v) is 3.96. The van der Waals surface area contributed by atoms with Crippen LogP contribution in [-0.4, -0.2) is 16.6 Å². The molecule has 1 amide bonds. The highest BCUT2D eigenvalue weighted by molar-refractivity contribution is 7.09. The molecule has 0 saturated carbocycles. The van der Waals surface area contributed by atoms with Crippen LogP contribution in [0.5, 0.6) is 0 Å². The molecule has 1 N–H and O–H groups in total. The molecule has 0 saturated heterocycles. The molecule has 21 heavy (non-hydrogen) atoms. The van der Waals surface area contributed by atoms with Crippen LogP contribution in [0, 0.1) is 6.92 Å². The van der Waals surface area contributed by atoms with Crippen LogP contribution < -0.4 is 5.43 Å². The molecular weight excluding hydrogens is 282 g/mol. The van der Waals surface area contributed by atoms with Crippen molar-refractivity contribution in [1.82, 2.24) is 10.4 Å². The molecule has 5 heteroatoms. The first-order valence-corrected chi connectivity index (χ1v) is 7.80. The van der Waals surface area contributed by atoms with E-state index in [9.17, 15) is 4.79 Å². The fourth-order valence-corrected chi connectivity index (χ4v) is 2.50. The van der Waals surface area contributed by atoms with Crippen LogP contribution in [0.15, 0.2) is 34.7 Å². The predicted octanol–water partition coefficient (Wildman–Crippen LogP) is 3.10. The second kappa shape index (κ2) is 7.13. The SMILES string of the molecule is CCc1ccc(/C(C)=N\NC(=O)Cc2csc(C)n2)cc1. The lowest BCUT2D eigenvalue weighted by molar-refractivity contribution is -0.120. The fourth-order valence-electron chi connectivity index (χ4n) is 1.89. The van der Waals surface area contributed by atoms with Crippen molar-refractivity contribution in [2.75, 3.05) is 0 Å². The number of benzene rings is 1. The van der Waals surface area contributed by atoms with Gasteiger partial charge in [0.15, 0.2) is 0 Å². The van der Waals surface area contributed by atoms with Crippen molar-refractivity contribution in [3.8, 4) is 0 Å². The van der Waals surface area contributed by atoms with Crippen molar-refractivity contribution in [1.29, 1.82) is 0 Å². The number of nitrogens with zero attached hydrogens (tertiary/aromatic N) is 2. The van der Waals surface area contributed by atoms with Crippen LogP contribution in [0.25, 0.3) is 0 Å². The lowest BCUT2D eigenvalue weighted by atomic mass is 10.1. The average molecular weight is 301 g/mol. The second-order valence-corrected chi connectivity index (χ2v) is 5.88. The zero-order valence-electron chi connectivity index (χ0n) is 12.5. The Kier molecular flexibility index (Phi) is 5.22. The lowest BCUT2D eigenvalue weighted by Gasteiger charge is -2.03. The maximum absolute atomic E-state index is 11.8. The number of amides is 1. The number of thiazole rings is 1. The van der Waals surface area contributed by atoms with Gasteiger partial charge in [-0.3, -0.25) is 4.79 Å². The molecule has 1 heterocycles. The van der Waals surface area contributed by atoms with E-state index < -0.39 is 0 Å². The molecule has 0 atom stereocenters. The molecule has 110 valence electrons. The molecule has 0 radical (unpaired) electrons. The van der Waals surface area contributed by atoms with Crippen molar-refractivity contribution >= 4 is 23.0 Å². The van der Waals surface area contributed by atoms with Crippen molar-refractivity contribution in [2.24, 2.45) is 5.10 Å². The summed E-state index contributed by atoms with van der Waals surface area (Å²) >= 11 is 1.54. The molecule has 0 aliphatic heterocycles. The van der Waals surface area contributed by atoms with Crippen LogP contribution in [0.3, 0.4) is 0 Å². The molecule has 0 aliphatic rings. The molecule has 0 unspecified atom stereocenters. The summed E-state index contributed by atoms with van der Waals surface area (Å²) in [6.07, 6.45) is 1.27. The van der Waals surface area contributed by atoms with Gasteiger partial charge in [-0.2, -0.15) is 5.10 Å². The Morgan fingerprint density at radius 2 is 2.05 bits per heavy atom. The van der Waals surface area contributed by atoms with Gasteiger partial charge < -0.3 is 0 Å². The number of hydrogen-bond acceptors (Lipinski definition) is 4. The zero-order valence-corrected chi connectivity index (χ0v) is 13.3. The first-order valence-electron chi connectivity index (χ1n) is 6.92. The molecule has 0 bridgehead atoms. The van der Waals surface area contributed by atoms with Crippen molar-refractivity contribution in [3.63, 3.8) is 0 Å². The first kappa shape index (κ1) is 15.4. The maximum atomic E-state index is 11.8. The van der Waals surface area contributed by atoms with Gasteiger partial charge in [0.1, 0.15) is 0 Å². The molecular formula is C16H19N3OS. The summed E-state index contributed by atoms with van der Waals surface area (Å²) in [7, 11) is 0. The van der Waals surface area contributed by atoms with E-state index in [-0.39, 0.29) is 12.3 Å². The summed E-state index contributed by atoms with van der Waals surface area (Å²) < 4.78 is 0. The van der Waals surface area contributed by atoms with E-state index >= 15 is 0 Å². The number of hydrogen-bond donors (Lipinski definition) is 1. The summed E-state index contributed by atoms with van der Waals surface area (Å²) in [5, 5.41) is 7.01. The van der Waals surface area contributed by atoms with Gasteiger partial charge in [-0.25, -0.2) is 10.4 Å². The Bertz CT molecular complexity index is 644. The van der Waals surface area contributed by atoms with E-state index in [4.69, 9.17) is 0 Å². The first-order chi connectivity index (χ1) is 10.1. The quantitative estimate of drug-likeness (QED) is 0.681. The minimum absolute atomic E-state index is 0.148. The van der Waals surface area contributed by atoms with Crippen LogP contribution in [0.2, 0.25) is 0 Å². The normalized spacial score (nSPS) is 11.5. The molecule has 1 aromatic carbocycles. The van der Waals surface area contributed by atoms with Crippen LogP contribution >= 0.6 is 11.3 Å². The van der Waals surface area contributed by atoms with Gasteiger partial charge in [0.2, 0.25) is 5.91 Å². The van der Waals surface area contributed by atoms with Gasteiger partial charge in [-0.05, 0) is 31.4 Å². The fraction of sp³-hybridized carbons (Fsp3) is 0.312. The Morgan fingerprint density at radius 3 is 2.62 bits per heavy atom. The molecule has 0 aliphatic carbocycles. The number of hydrazone groups is 1. The maximum Gasteiger partial charge on any atom is 0.246 e. The third-order valence-electron chi connectivity index (χ3n) is 3.14. The van der Waals surface area contributed by atoms with E-state index in [1.54, 1.807) is 11.3 Å². The molecule has 1 aromatic heterocycles. The topological polar surface area (TPSA) is 54.4 Å². The highest BCUT2D eigenvalue weighted by atomic mass is 32.1. The van der Waals surface area contributed by atoms with E-state index in [1.807, 2.05) is 31.4 Å². The number of aryl methyl sites for hydroxylation is 2. The molecule has 4 nitrogen and oxygen atoms in total. The number of rotatable bonds is 5. The smallest absolute Gasteiger partial charge is 0.246 e. The molecule has 0 fully saturated rings. The summed E-state index contributed by atoms with van der Waals surface area (Å²) in [6, 6.07) is 8.20. The Hall–Kier alpha value is -2.01. The summed E-state index contributed by atoms with van der Waals surface area (Å²) in [5.41, 5.74) is 6.46. The summed E-state index contributed by atoms with van der Waals surface area (Å²) in [5.74, 6) is -0.148. The molecule has 0 spiro atoms. The predicted molar refractivity (Wildman–Crippen MR) is 86.7 cm³/mol. The van der Waals surface area contributed by atoms with E-state index in [0.29, 0.717) is 0 Å². The Morgan fingerprint density at radius 1 is 1.33 bits per heavy atom. The molecule has 2 aromatic rings. The van der Waals surface area contributed by atoms with E-state index in [2.05, 4.69) is 34.6 Å². The summed E-state index contributed by atoms with van der Waals surface area (Å²) in [4.78, 5) is 16.1. The Balaban J connectivity index is 1.94. The van der Waals surface area contributed by atoms with Crippen LogP contribution in [-0.2, 0) is 17.6 Å². The van der Waals surface area contributed by atoms with Crippen molar-refractivity contribution < 1.29 is 4.79 Å². The summed E-state index contributed by atoms with van der Waals surface area (Å²) in [6.45, 7) is 5.93. The van der Waals surface area contributed by atoms with Gasteiger partial charge in [0, 0.05) is 5.38 Å². The number of carbonyl (C=O) groups is 1. The van der Waals surface area contributed by atoms with Gasteiger partial charge in [0.25, 0.3) is 0 Å². The van der Waals surface area contributed by atoms with E-state index in [1.165, 1.54) is 5.56 Å². The van der Waals surface area contributed by atoms with Gasteiger partial charge in [-0.15, -0.1) is 11.3 Å². The third kappa shape index (κ3) is 4.49. The van der Waals surface area contributed by atoms with Crippen LogP contribution in [0.4, 0.5) is 0 Å². The molecule has 2 rings (SSSR count). The van der Waals surface area contributed by atoms with Crippen LogP contribution in [0.1, 0.15) is 35.7 Å². The largest absolute Gasteiger partial charge is 0.273 e. The highest BCUT2D eigenvalue weighted by Gasteiger charge is 2.06. The van der Waals surface area contributed by atoms with Crippen molar-refractivity contribution in [3.05, 3.63) is 51.5 Å². The monoisotopic (exact) mass is 301 g/mol. The van der Waals surface area contributed by atoms with Gasteiger partial charge >= 0.3 is 0 Å². The van der Waals surface area contributed by atoms with Gasteiger partial charge in [-0.1, -0.05) is 31.2 Å². The average Bonchev–Trinajstić information content (AvgIpc) is 2.90. The number of carbonyl (C=O) groups excluding carboxylic acids is 1. The Labute approximate surface area is 128 Å².